The molecule has 0 saturated heterocycles. The molecule has 108 valence electrons. The van der Waals surface area contributed by atoms with Crippen LogP contribution < -0.4 is 4.74 Å². The van der Waals surface area contributed by atoms with E-state index in [9.17, 15) is 9.50 Å². The molecule has 0 fully saturated rings. The Morgan fingerprint density at radius 2 is 2.10 bits per heavy atom. The molecule has 0 unspecified atom stereocenters. The van der Waals surface area contributed by atoms with E-state index in [1.807, 2.05) is 24.3 Å². The van der Waals surface area contributed by atoms with Crippen LogP contribution in [0.15, 0.2) is 42.5 Å². The molecule has 1 N–H and O–H groups in total. The number of ether oxygens (including phenoxy) is 1. The molecule has 0 aliphatic rings. The zero-order valence-corrected chi connectivity index (χ0v) is 12.2. The van der Waals surface area contributed by atoms with Crippen molar-refractivity contribution >= 4 is 21.6 Å². The van der Waals surface area contributed by atoms with E-state index in [1.165, 1.54) is 18.2 Å². The summed E-state index contributed by atoms with van der Waals surface area (Å²) in [6.07, 6.45) is -0.786. The summed E-state index contributed by atoms with van der Waals surface area (Å²) in [5.41, 5.74) is 1.38. The number of aromatic nitrogens is 1. The average molecular weight is 303 g/mol. The number of nitrogens with zero attached hydrogens (tertiary/aromatic N) is 1. The van der Waals surface area contributed by atoms with Crippen molar-refractivity contribution in [3.8, 4) is 5.75 Å². The van der Waals surface area contributed by atoms with E-state index in [0.29, 0.717) is 17.9 Å². The molecule has 1 atom stereocenters. The van der Waals surface area contributed by atoms with E-state index in [2.05, 4.69) is 4.98 Å². The highest BCUT2D eigenvalue weighted by atomic mass is 32.1. The number of benzene rings is 2. The molecule has 0 bridgehead atoms. The molecule has 0 saturated carbocycles. The maximum atomic E-state index is 13.2. The Bertz CT molecular complexity index is 737. The van der Waals surface area contributed by atoms with Gasteiger partial charge in [-0.3, -0.25) is 0 Å². The van der Waals surface area contributed by atoms with Gasteiger partial charge in [0.15, 0.2) is 0 Å². The Balaban J connectivity index is 1.81. The predicted molar refractivity (Wildman–Crippen MR) is 81.0 cm³/mol. The Kier molecular flexibility index (Phi) is 3.86. The molecule has 0 aliphatic carbocycles. The first-order valence-corrected chi connectivity index (χ1v) is 7.40. The van der Waals surface area contributed by atoms with Gasteiger partial charge in [-0.15, -0.1) is 11.3 Å². The molecule has 0 spiro atoms. The van der Waals surface area contributed by atoms with Crippen LogP contribution in [0.4, 0.5) is 4.39 Å². The van der Waals surface area contributed by atoms with Gasteiger partial charge in [-0.1, -0.05) is 12.1 Å². The predicted octanol–water partition coefficient (Wildman–Crippen LogP) is 4.07. The van der Waals surface area contributed by atoms with Crippen LogP contribution in [-0.2, 0) is 6.61 Å². The zero-order chi connectivity index (χ0) is 14.8. The van der Waals surface area contributed by atoms with Crippen molar-refractivity contribution in [2.24, 2.45) is 0 Å². The summed E-state index contributed by atoms with van der Waals surface area (Å²) in [4.78, 5) is 4.48. The maximum Gasteiger partial charge on any atom is 0.140 e. The maximum absolute atomic E-state index is 13.2. The molecular formula is C16H14FNO2S. The Labute approximate surface area is 125 Å². The Morgan fingerprint density at radius 3 is 2.86 bits per heavy atom. The topological polar surface area (TPSA) is 42.4 Å². The number of fused-ring (bicyclic) bond motifs is 1. The average Bonchev–Trinajstić information content (AvgIpc) is 2.88. The van der Waals surface area contributed by atoms with Crippen molar-refractivity contribution in [3.05, 3.63) is 58.9 Å². The summed E-state index contributed by atoms with van der Waals surface area (Å²) < 4.78 is 20.0. The number of rotatable bonds is 4. The minimum absolute atomic E-state index is 0.296. The first-order chi connectivity index (χ1) is 10.1. The van der Waals surface area contributed by atoms with Gasteiger partial charge in [-0.05, 0) is 37.3 Å². The molecule has 2 aromatic carbocycles. The van der Waals surface area contributed by atoms with Crippen LogP contribution in [0.1, 0.15) is 23.6 Å². The molecule has 0 amide bonds. The van der Waals surface area contributed by atoms with Crippen LogP contribution in [0.2, 0.25) is 0 Å². The van der Waals surface area contributed by atoms with Gasteiger partial charge in [0.25, 0.3) is 0 Å². The number of thiazole rings is 1. The van der Waals surface area contributed by atoms with E-state index >= 15 is 0 Å². The van der Waals surface area contributed by atoms with Crippen LogP contribution in [0.25, 0.3) is 10.2 Å². The number of aliphatic hydroxyl groups is 1. The quantitative estimate of drug-likeness (QED) is 0.790. The molecule has 0 aliphatic heterocycles. The van der Waals surface area contributed by atoms with Gasteiger partial charge in [0, 0.05) is 5.56 Å². The first-order valence-electron chi connectivity index (χ1n) is 6.58. The van der Waals surface area contributed by atoms with E-state index in [1.54, 1.807) is 18.3 Å². The van der Waals surface area contributed by atoms with Gasteiger partial charge in [-0.2, -0.15) is 0 Å². The van der Waals surface area contributed by atoms with Gasteiger partial charge in [0.05, 0.1) is 16.3 Å². The molecule has 0 radical (unpaired) electrons. The summed E-state index contributed by atoms with van der Waals surface area (Å²) in [5.74, 6) is 0.0869. The smallest absolute Gasteiger partial charge is 0.140 e. The fraction of sp³-hybridized carbons (Fsp3) is 0.188. The van der Waals surface area contributed by atoms with Crippen molar-refractivity contribution in [1.29, 1.82) is 0 Å². The molecule has 1 aromatic heterocycles. The largest absolute Gasteiger partial charge is 0.486 e. The van der Waals surface area contributed by atoms with Crippen molar-refractivity contribution in [2.45, 2.75) is 19.6 Å². The van der Waals surface area contributed by atoms with E-state index in [-0.39, 0.29) is 0 Å². The van der Waals surface area contributed by atoms with Crippen molar-refractivity contribution in [3.63, 3.8) is 0 Å². The van der Waals surface area contributed by atoms with Crippen molar-refractivity contribution < 1.29 is 14.2 Å². The van der Waals surface area contributed by atoms with Gasteiger partial charge in [0.2, 0.25) is 0 Å². The molecule has 5 heteroatoms. The van der Waals surface area contributed by atoms with Crippen LogP contribution >= 0.6 is 11.3 Å². The van der Waals surface area contributed by atoms with Gasteiger partial charge < -0.3 is 9.84 Å². The number of hydrogen-bond acceptors (Lipinski definition) is 4. The molecule has 21 heavy (non-hydrogen) atoms. The lowest BCUT2D eigenvalue weighted by Crippen LogP contribution is -2.01. The molecule has 3 nitrogen and oxygen atoms in total. The lowest BCUT2D eigenvalue weighted by molar-refractivity contribution is 0.189. The summed E-state index contributed by atoms with van der Waals surface area (Å²) in [6.45, 7) is 1.88. The van der Waals surface area contributed by atoms with Gasteiger partial charge in [0.1, 0.15) is 23.2 Å². The second-order valence-electron chi connectivity index (χ2n) is 4.72. The fourth-order valence-electron chi connectivity index (χ4n) is 2.10. The fourth-order valence-corrected chi connectivity index (χ4v) is 2.98. The van der Waals surface area contributed by atoms with E-state index in [0.717, 1.165) is 15.2 Å². The van der Waals surface area contributed by atoms with E-state index in [4.69, 9.17) is 4.74 Å². The lowest BCUT2D eigenvalue weighted by Gasteiger charge is -2.12. The van der Waals surface area contributed by atoms with Crippen molar-refractivity contribution in [2.75, 3.05) is 0 Å². The summed E-state index contributed by atoms with van der Waals surface area (Å²) in [7, 11) is 0. The molecular weight excluding hydrogens is 289 g/mol. The van der Waals surface area contributed by atoms with Gasteiger partial charge in [-0.25, -0.2) is 9.37 Å². The van der Waals surface area contributed by atoms with Crippen LogP contribution in [0.3, 0.4) is 0 Å². The SMILES string of the molecule is C[C@H](O)c1cc(F)ccc1OCc1nc2ccccc2s1. The summed E-state index contributed by atoms with van der Waals surface area (Å²) in [6, 6.07) is 12.0. The second-order valence-corrected chi connectivity index (χ2v) is 5.84. The van der Waals surface area contributed by atoms with Crippen molar-refractivity contribution in [1.82, 2.24) is 4.98 Å². The molecule has 3 rings (SSSR count). The van der Waals surface area contributed by atoms with E-state index < -0.39 is 11.9 Å². The highest BCUT2D eigenvalue weighted by Crippen LogP contribution is 2.28. The Morgan fingerprint density at radius 1 is 1.29 bits per heavy atom. The number of aliphatic hydroxyl groups excluding tert-OH is 1. The number of halogens is 1. The molecule has 3 aromatic rings. The normalized spacial score (nSPS) is 12.5. The molecule has 1 heterocycles. The minimum atomic E-state index is -0.786. The summed E-state index contributed by atoms with van der Waals surface area (Å²) in [5, 5.41) is 10.5. The van der Waals surface area contributed by atoms with Crippen LogP contribution in [-0.4, -0.2) is 10.1 Å². The number of para-hydroxylation sites is 1. The van der Waals surface area contributed by atoms with Gasteiger partial charge >= 0.3 is 0 Å². The highest BCUT2D eigenvalue weighted by molar-refractivity contribution is 7.18. The third-order valence-corrected chi connectivity index (χ3v) is 4.12. The third kappa shape index (κ3) is 3.04. The third-order valence-electron chi connectivity index (χ3n) is 3.11. The lowest BCUT2D eigenvalue weighted by atomic mass is 10.1. The van der Waals surface area contributed by atoms with Crippen LogP contribution in [0, 0.1) is 5.82 Å². The second kappa shape index (κ2) is 5.79. The first kappa shape index (κ1) is 14.0. The minimum Gasteiger partial charge on any atom is -0.486 e. The number of hydrogen-bond donors (Lipinski definition) is 1. The summed E-state index contributed by atoms with van der Waals surface area (Å²) >= 11 is 1.56. The van der Waals surface area contributed by atoms with Crippen LogP contribution in [0.5, 0.6) is 5.75 Å². The highest BCUT2D eigenvalue weighted by Gasteiger charge is 2.12. The zero-order valence-electron chi connectivity index (χ0n) is 11.4. The monoisotopic (exact) mass is 303 g/mol. The standard InChI is InChI=1S/C16H14FNO2S/c1-10(19)12-8-11(17)6-7-14(12)20-9-16-18-13-4-2-3-5-15(13)21-16/h2-8,10,19H,9H2,1H3/t10-/m0/s1. The Hall–Kier alpha value is -1.98.